The Morgan fingerprint density at radius 1 is 0.903 bits per heavy atom. The van der Waals surface area contributed by atoms with E-state index in [9.17, 15) is 4.79 Å². The van der Waals surface area contributed by atoms with Crippen molar-refractivity contribution in [2.24, 2.45) is 0 Å². The molecule has 1 unspecified atom stereocenters. The normalized spacial score (nSPS) is 15.4. The second kappa shape index (κ2) is 7.71. The number of fused-ring (bicyclic) bond motifs is 1. The number of rotatable bonds is 4. The molecule has 1 aliphatic heterocycles. The number of benzene rings is 3. The van der Waals surface area contributed by atoms with Gasteiger partial charge in [0, 0.05) is 22.7 Å². The zero-order valence-electron chi connectivity index (χ0n) is 17.4. The zero-order valence-corrected chi connectivity index (χ0v) is 18.1. The highest BCUT2D eigenvalue weighted by molar-refractivity contribution is 6.30. The van der Waals surface area contributed by atoms with E-state index in [1.54, 1.807) is 0 Å². The van der Waals surface area contributed by atoms with Gasteiger partial charge in [0.25, 0.3) is 5.91 Å². The van der Waals surface area contributed by atoms with Gasteiger partial charge in [0.15, 0.2) is 0 Å². The summed E-state index contributed by atoms with van der Waals surface area (Å²) >= 11 is 6.09. The average Bonchev–Trinajstić information content (AvgIpc) is 3.31. The second-order valence-electron chi connectivity index (χ2n) is 8.10. The number of nitrogens with zero attached hydrogens (tertiary/aromatic N) is 2. The van der Waals surface area contributed by atoms with Crippen molar-refractivity contribution < 1.29 is 4.79 Å². The van der Waals surface area contributed by atoms with Crippen molar-refractivity contribution >= 4 is 17.5 Å². The third-order valence-electron chi connectivity index (χ3n) is 5.85. The molecule has 2 heterocycles. The van der Waals surface area contributed by atoms with E-state index in [0.717, 1.165) is 27.9 Å². The number of hydrogen-bond acceptors (Lipinski definition) is 2. The summed E-state index contributed by atoms with van der Waals surface area (Å²) in [6.07, 6.45) is 0. The van der Waals surface area contributed by atoms with Crippen LogP contribution in [0.2, 0.25) is 5.02 Å². The van der Waals surface area contributed by atoms with Gasteiger partial charge >= 0.3 is 0 Å². The number of nitrogens with one attached hydrogen (secondary N) is 1. The fourth-order valence-electron chi connectivity index (χ4n) is 4.17. The number of H-pyrrole nitrogens is 1. The highest BCUT2D eigenvalue weighted by Gasteiger charge is 2.42. The summed E-state index contributed by atoms with van der Waals surface area (Å²) in [4.78, 5) is 15.4. The van der Waals surface area contributed by atoms with Crippen LogP contribution in [0.4, 0.5) is 0 Å². The van der Waals surface area contributed by atoms with Gasteiger partial charge in [-0.25, -0.2) is 0 Å². The molecule has 0 aliphatic carbocycles. The first kappa shape index (κ1) is 19.6. The van der Waals surface area contributed by atoms with E-state index in [2.05, 4.69) is 72.6 Å². The van der Waals surface area contributed by atoms with Crippen LogP contribution in [0, 0.1) is 13.8 Å². The lowest BCUT2D eigenvalue weighted by Crippen LogP contribution is -2.29. The summed E-state index contributed by atoms with van der Waals surface area (Å²) in [5.74, 6) is -0.0335. The van der Waals surface area contributed by atoms with Crippen LogP contribution in [-0.4, -0.2) is 21.0 Å². The molecule has 4 aromatic rings. The molecule has 1 N–H and O–H groups in total. The molecule has 31 heavy (non-hydrogen) atoms. The van der Waals surface area contributed by atoms with Gasteiger partial charge in [-0.15, -0.1) is 0 Å². The van der Waals surface area contributed by atoms with Crippen molar-refractivity contribution in [3.8, 4) is 11.3 Å². The predicted octanol–water partition coefficient (Wildman–Crippen LogP) is 6.09. The molecule has 0 saturated carbocycles. The molecule has 4 nitrogen and oxygen atoms in total. The second-order valence-corrected chi connectivity index (χ2v) is 8.54. The Kier molecular flexibility index (Phi) is 4.87. The smallest absolute Gasteiger partial charge is 0.273 e. The van der Waals surface area contributed by atoms with E-state index in [1.807, 2.05) is 29.2 Å². The fraction of sp³-hybridized carbons (Fsp3) is 0.154. The number of aromatic amines is 1. The maximum absolute atomic E-state index is 13.5. The Hall–Kier alpha value is -3.37. The number of halogens is 1. The van der Waals surface area contributed by atoms with Crippen LogP contribution in [0.3, 0.4) is 0 Å². The molecule has 1 amide bonds. The van der Waals surface area contributed by atoms with Crippen molar-refractivity contribution in [3.63, 3.8) is 0 Å². The highest BCUT2D eigenvalue weighted by Crippen LogP contribution is 2.43. The van der Waals surface area contributed by atoms with Crippen LogP contribution < -0.4 is 0 Å². The van der Waals surface area contributed by atoms with Crippen LogP contribution in [-0.2, 0) is 6.54 Å². The summed E-state index contributed by atoms with van der Waals surface area (Å²) in [5.41, 5.74) is 7.75. The van der Waals surface area contributed by atoms with Crippen molar-refractivity contribution in [1.29, 1.82) is 0 Å². The molecule has 1 aliphatic rings. The van der Waals surface area contributed by atoms with E-state index < -0.39 is 0 Å². The summed E-state index contributed by atoms with van der Waals surface area (Å²) in [6.45, 7) is 4.66. The number of aromatic nitrogens is 2. The molecule has 0 spiro atoms. The van der Waals surface area contributed by atoms with Crippen molar-refractivity contribution in [2.75, 3.05) is 0 Å². The summed E-state index contributed by atoms with van der Waals surface area (Å²) in [5, 5.41) is 8.20. The molecule has 0 bridgehead atoms. The summed E-state index contributed by atoms with van der Waals surface area (Å²) in [7, 11) is 0. The van der Waals surface area contributed by atoms with E-state index in [0.29, 0.717) is 17.3 Å². The van der Waals surface area contributed by atoms with Crippen LogP contribution in [0.1, 0.15) is 44.3 Å². The van der Waals surface area contributed by atoms with Gasteiger partial charge in [0.2, 0.25) is 0 Å². The number of hydrogen-bond donors (Lipinski definition) is 1. The number of amides is 1. The third-order valence-corrected chi connectivity index (χ3v) is 6.10. The Balaban J connectivity index is 1.63. The van der Waals surface area contributed by atoms with Crippen molar-refractivity contribution in [2.45, 2.75) is 26.4 Å². The lowest BCUT2D eigenvalue weighted by atomic mass is 9.95. The van der Waals surface area contributed by atoms with E-state index >= 15 is 0 Å². The molecular formula is C26H22ClN3O. The maximum atomic E-state index is 13.5. The molecule has 154 valence electrons. The standard InChI is InChI=1S/C26H22ClN3O/c1-16-3-7-18(8-4-16)15-30-25(20-9-5-17(2)6-10-20)22-23(28-29-24(22)26(30)31)19-11-13-21(27)14-12-19/h3-14,25H,15H2,1-2H3,(H,28,29). The van der Waals surface area contributed by atoms with Crippen LogP contribution >= 0.6 is 11.6 Å². The summed E-state index contributed by atoms with van der Waals surface area (Å²) in [6, 6.07) is 24.1. The van der Waals surface area contributed by atoms with Gasteiger partial charge in [-0.2, -0.15) is 5.10 Å². The molecular weight excluding hydrogens is 406 g/mol. The Morgan fingerprint density at radius 3 is 2.16 bits per heavy atom. The number of carbonyl (C=O) groups is 1. The molecule has 0 radical (unpaired) electrons. The highest BCUT2D eigenvalue weighted by atomic mass is 35.5. The Bertz CT molecular complexity index is 1240. The molecule has 1 aromatic heterocycles. The Morgan fingerprint density at radius 2 is 1.52 bits per heavy atom. The molecule has 3 aromatic carbocycles. The van der Waals surface area contributed by atoms with Crippen LogP contribution in [0.5, 0.6) is 0 Å². The third kappa shape index (κ3) is 3.53. The molecule has 0 fully saturated rings. The lowest BCUT2D eigenvalue weighted by Gasteiger charge is -2.26. The molecule has 5 heteroatoms. The van der Waals surface area contributed by atoms with Crippen molar-refractivity contribution in [3.05, 3.63) is 111 Å². The first-order valence-corrected chi connectivity index (χ1v) is 10.7. The molecule has 5 rings (SSSR count). The Labute approximate surface area is 186 Å². The topological polar surface area (TPSA) is 49.0 Å². The summed E-state index contributed by atoms with van der Waals surface area (Å²) < 4.78 is 0. The zero-order chi connectivity index (χ0) is 21.5. The predicted molar refractivity (Wildman–Crippen MR) is 123 cm³/mol. The minimum Gasteiger partial charge on any atom is -0.322 e. The van der Waals surface area contributed by atoms with Gasteiger partial charge in [0.05, 0.1) is 11.7 Å². The van der Waals surface area contributed by atoms with Crippen LogP contribution in [0.15, 0.2) is 72.8 Å². The monoisotopic (exact) mass is 427 g/mol. The van der Waals surface area contributed by atoms with Gasteiger partial charge in [0.1, 0.15) is 5.69 Å². The van der Waals surface area contributed by atoms with Crippen molar-refractivity contribution in [1.82, 2.24) is 15.1 Å². The SMILES string of the molecule is Cc1ccc(CN2C(=O)c3[nH]nc(-c4ccc(Cl)cc4)c3C2c2ccc(C)cc2)cc1. The van der Waals surface area contributed by atoms with E-state index in [1.165, 1.54) is 11.1 Å². The maximum Gasteiger partial charge on any atom is 0.273 e. The van der Waals surface area contributed by atoms with Gasteiger partial charge in [-0.3, -0.25) is 9.89 Å². The first-order valence-electron chi connectivity index (χ1n) is 10.3. The van der Waals surface area contributed by atoms with E-state index in [4.69, 9.17) is 11.6 Å². The average molecular weight is 428 g/mol. The fourth-order valence-corrected chi connectivity index (χ4v) is 4.30. The minimum atomic E-state index is -0.214. The van der Waals surface area contributed by atoms with Gasteiger partial charge in [-0.05, 0) is 37.1 Å². The van der Waals surface area contributed by atoms with Crippen LogP contribution in [0.25, 0.3) is 11.3 Å². The number of aryl methyl sites for hydroxylation is 2. The lowest BCUT2D eigenvalue weighted by molar-refractivity contribution is 0.0730. The first-order chi connectivity index (χ1) is 15.0. The number of carbonyl (C=O) groups excluding carboxylic acids is 1. The van der Waals surface area contributed by atoms with Gasteiger partial charge < -0.3 is 4.90 Å². The molecule has 1 atom stereocenters. The molecule has 0 saturated heterocycles. The van der Waals surface area contributed by atoms with Gasteiger partial charge in [-0.1, -0.05) is 83.4 Å². The quantitative estimate of drug-likeness (QED) is 0.428. The van der Waals surface area contributed by atoms with E-state index in [-0.39, 0.29) is 11.9 Å². The minimum absolute atomic E-state index is 0.0335. The largest absolute Gasteiger partial charge is 0.322 e.